The maximum absolute atomic E-state index is 12.3. The predicted octanol–water partition coefficient (Wildman–Crippen LogP) is 1.47. The van der Waals surface area contributed by atoms with Crippen molar-refractivity contribution in [2.45, 2.75) is 18.8 Å². The molecule has 0 saturated carbocycles. The number of piperidine rings is 1. The molecular weight excluding hydrogens is 262 g/mol. The molecule has 19 heavy (non-hydrogen) atoms. The number of aromatic nitrogens is 3. The van der Waals surface area contributed by atoms with Crippen LogP contribution in [0, 0.1) is 0 Å². The monoisotopic (exact) mass is 277 g/mol. The lowest BCUT2D eigenvalue weighted by Gasteiger charge is -2.31. The zero-order valence-corrected chi connectivity index (χ0v) is 11.2. The van der Waals surface area contributed by atoms with Gasteiger partial charge in [-0.25, -0.2) is 9.97 Å². The summed E-state index contributed by atoms with van der Waals surface area (Å²) in [5.41, 5.74) is 6.02. The molecule has 0 spiro atoms. The van der Waals surface area contributed by atoms with Gasteiger partial charge in [0, 0.05) is 36.8 Å². The summed E-state index contributed by atoms with van der Waals surface area (Å²) in [6.45, 7) is 1.46. The van der Waals surface area contributed by atoms with Gasteiger partial charge in [-0.15, -0.1) is 11.3 Å². The van der Waals surface area contributed by atoms with Gasteiger partial charge in [-0.05, 0) is 12.8 Å². The summed E-state index contributed by atoms with van der Waals surface area (Å²) in [5.74, 6) is 1.20. The number of thiazole rings is 1. The average Bonchev–Trinajstić information content (AvgIpc) is 3.09. The zero-order valence-electron chi connectivity index (χ0n) is 10.4. The van der Waals surface area contributed by atoms with Crippen molar-refractivity contribution in [1.82, 2.24) is 19.9 Å². The SMILES string of the molecule is Nc1nc(C(=O)N2CCCC(c3ncc[nH]3)C2)cs1. The first kappa shape index (κ1) is 12.2. The topological polar surface area (TPSA) is 87.9 Å². The molecule has 2 aromatic rings. The summed E-state index contributed by atoms with van der Waals surface area (Å²) in [7, 11) is 0. The minimum atomic E-state index is -0.0378. The van der Waals surface area contributed by atoms with Crippen LogP contribution in [0.3, 0.4) is 0 Å². The van der Waals surface area contributed by atoms with Gasteiger partial charge in [-0.1, -0.05) is 0 Å². The Labute approximate surface area is 114 Å². The van der Waals surface area contributed by atoms with Crippen LogP contribution in [0.5, 0.6) is 0 Å². The standard InChI is InChI=1S/C12H15N5OS/c13-12-16-9(7-19-12)11(18)17-5-1-2-8(6-17)10-14-3-4-15-10/h3-4,7-8H,1-2,5-6H2,(H2,13,16)(H,14,15). The number of nitrogen functional groups attached to an aromatic ring is 1. The maximum atomic E-state index is 12.3. The Morgan fingerprint density at radius 1 is 1.58 bits per heavy atom. The highest BCUT2D eigenvalue weighted by molar-refractivity contribution is 7.13. The van der Waals surface area contributed by atoms with Crippen LogP contribution in [0.2, 0.25) is 0 Å². The van der Waals surface area contributed by atoms with Gasteiger partial charge in [0.2, 0.25) is 0 Å². The molecule has 6 nitrogen and oxygen atoms in total. The van der Waals surface area contributed by atoms with E-state index in [1.54, 1.807) is 11.6 Å². The molecular formula is C12H15N5OS. The van der Waals surface area contributed by atoms with Crippen molar-refractivity contribution in [2.75, 3.05) is 18.8 Å². The molecule has 1 amide bonds. The molecule has 3 heterocycles. The molecule has 1 fully saturated rings. The number of nitrogens with one attached hydrogen (secondary N) is 1. The van der Waals surface area contributed by atoms with Gasteiger partial charge in [0.05, 0.1) is 0 Å². The molecule has 1 atom stereocenters. The third-order valence-electron chi connectivity index (χ3n) is 3.36. The van der Waals surface area contributed by atoms with E-state index in [1.165, 1.54) is 11.3 Å². The number of hydrogen-bond acceptors (Lipinski definition) is 5. The highest BCUT2D eigenvalue weighted by atomic mass is 32.1. The van der Waals surface area contributed by atoms with Crippen molar-refractivity contribution in [3.8, 4) is 0 Å². The van der Waals surface area contributed by atoms with Crippen LogP contribution < -0.4 is 5.73 Å². The minimum Gasteiger partial charge on any atom is -0.375 e. The van der Waals surface area contributed by atoms with Crippen LogP contribution in [0.4, 0.5) is 5.13 Å². The lowest BCUT2D eigenvalue weighted by Crippen LogP contribution is -2.39. The molecule has 100 valence electrons. The van der Waals surface area contributed by atoms with E-state index in [2.05, 4.69) is 15.0 Å². The van der Waals surface area contributed by atoms with Gasteiger partial charge in [0.15, 0.2) is 5.13 Å². The molecule has 0 radical (unpaired) electrons. The van der Waals surface area contributed by atoms with Crippen LogP contribution in [0.25, 0.3) is 0 Å². The number of rotatable bonds is 2. The maximum Gasteiger partial charge on any atom is 0.273 e. The van der Waals surface area contributed by atoms with Crippen LogP contribution in [0.15, 0.2) is 17.8 Å². The van der Waals surface area contributed by atoms with E-state index in [4.69, 9.17) is 5.73 Å². The first-order valence-corrected chi connectivity index (χ1v) is 7.11. The third kappa shape index (κ3) is 2.46. The Morgan fingerprint density at radius 2 is 2.47 bits per heavy atom. The second-order valence-electron chi connectivity index (χ2n) is 4.64. The quantitative estimate of drug-likeness (QED) is 0.870. The molecule has 7 heteroatoms. The number of nitrogens with two attached hydrogens (primary N) is 1. The van der Waals surface area contributed by atoms with E-state index in [0.29, 0.717) is 17.4 Å². The van der Waals surface area contributed by atoms with Crippen molar-refractivity contribution in [3.63, 3.8) is 0 Å². The number of hydrogen-bond donors (Lipinski definition) is 2. The smallest absolute Gasteiger partial charge is 0.273 e. The van der Waals surface area contributed by atoms with Crippen LogP contribution in [0.1, 0.15) is 35.1 Å². The highest BCUT2D eigenvalue weighted by Gasteiger charge is 2.27. The number of likely N-dealkylation sites (tertiary alicyclic amines) is 1. The fraction of sp³-hybridized carbons (Fsp3) is 0.417. The summed E-state index contributed by atoms with van der Waals surface area (Å²) < 4.78 is 0. The zero-order chi connectivity index (χ0) is 13.2. The summed E-state index contributed by atoms with van der Waals surface area (Å²) in [6.07, 6.45) is 5.60. The van der Waals surface area contributed by atoms with Crippen molar-refractivity contribution < 1.29 is 4.79 Å². The van der Waals surface area contributed by atoms with Gasteiger partial charge < -0.3 is 15.6 Å². The van der Waals surface area contributed by atoms with Crippen LogP contribution >= 0.6 is 11.3 Å². The van der Waals surface area contributed by atoms with E-state index in [1.807, 2.05) is 11.1 Å². The Bertz CT molecular complexity index is 564. The molecule has 0 aromatic carbocycles. The number of nitrogens with zero attached hydrogens (tertiary/aromatic N) is 3. The van der Waals surface area contributed by atoms with E-state index in [0.717, 1.165) is 25.2 Å². The van der Waals surface area contributed by atoms with Gasteiger partial charge in [0.1, 0.15) is 11.5 Å². The normalized spacial score (nSPS) is 19.6. The number of amides is 1. The number of H-pyrrole nitrogens is 1. The Kier molecular flexibility index (Phi) is 3.20. The van der Waals surface area contributed by atoms with E-state index in [-0.39, 0.29) is 11.8 Å². The Balaban J connectivity index is 1.73. The van der Waals surface area contributed by atoms with Crippen molar-refractivity contribution in [1.29, 1.82) is 0 Å². The number of carbonyl (C=O) groups excluding carboxylic acids is 1. The fourth-order valence-corrected chi connectivity index (χ4v) is 2.97. The number of imidazole rings is 1. The van der Waals surface area contributed by atoms with Gasteiger partial charge >= 0.3 is 0 Å². The molecule has 3 rings (SSSR count). The van der Waals surface area contributed by atoms with Crippen LogP contribution in [-0.2, 0) is 0 Å². The Hall–Kier alpha value is -1.89. The van der Waals surface area contributed by atoms with Crippen molar-refractivity contribution in [2.24, 2.45) is 0 Å². The molecule has 3 N–H and O–H groups in total. The second kappa shape index (κ2) is 5.00. The summed E-state index contributed by atoms with van der Waals surface area (Å²) in [5, 5.41) is 2.15. The third-order valence-corrected chi connectivity index (χ3v) is 4.03. The van der Waals surface area contributed by atoms with Gasteiger partial charge in [-0.2, -0.15) is 0 Å². The molecule has 1 aliphatic rings. The number of aromatic amines is 1. The molecule has 0 aliphatic carbocycles. The summed E-state index contributed by atoms with van der Waals surface area (Å²) >= 11 is 1.30. The minimum absolute atomic E-state index is 0.0378. The predicted molar refractivity (Wildman–Crippen MR) is 73.0 cm³/mol. The van der Waals surface area contributed by atoms with E-state index in [9.17, 15) is 4.79 Å². The Morgan fingerprint density at radius 3 is 3.16 bits per heavy atom. The molecule has 1 aliphatic heterocycles. The lowest BCUT2D eigenvalue weighted by atomic mass is 9.97. The second-order valence-corrected chi connectivity index (χ2v) is 5.53. The van der Waals surface area contributed by atoms with Gasteiger partial charge in [0.25, 0.3) is 5.91 Å². The molecule has 0 bridgehead atoms. The first-order chi connectivity index (χ1) is 9.24. The summed E-state index contributed by atoms with van der Waals surface area (Å²) in [6, 6.07) is 0. The largest absolute Gasteiger partial charge is 0.375 e. The van der Waals surface area contributed by atoms with Gasteiger partial charge in [-0.3, -0.25) is 4.79 Å². The van der Waals surface area contributed by atoms with Crippen LogP contribution in [-0.4, -0.2) is 38.8 Å². The fourth-order valence-electron chi connectivity index (χ4n) is 2.43. The molecule has 2 aromatic heterocycles. The lowest BCUT2D eigenvalue weighted by molar-refractivity contribution is 0.0700. The van der Waals surface area contributed by atoms with E-state index < -0.39 is 0 Å². The highest BCUT2D eigenvalue weighted by Crippen LogP contribution is 2.25. The van der Waals surface area contributed by atoms with Crippen molar-refractivity contribution in [3.05, 3.63) is 29.3 Å². The molecule has 1 unspecified atom stereocenters. The van der Waals surface area contributed by atoms with Crippen molar-refractivity contribution >= 4 is 22.4 Å². The molecule has 1 saturated heterocycles. The number of carbonyl (C=O) groups is 1. The van der Waals surface area contributed by atoms with E-state index >= 15 is 0 Å². The number of anilines is 1. The first-order valence-electron chi connectivity index (χ1n) is 6.23. The average molecular weight is 277 g/mol. The summed E-state index contributed by atoms with van der Waals surface area (Å²) in [4.78, 5) is 25.6.